The van der Waals surface area contributed by atoms with Gasteiger partial charge in [0.05, 0.1) is 11.4 Å². The van der Waals surface area contributed by atoms with Crippen LogP contribution in [0, 0.1) is 0 Å². The van der Waals surface area contributed by atoms with E-state index in [1.54, 1.807) is 0 Å². The Kier molecular flexibility index (Phi) is 9.95. The van der Waals surface area contributed by atoms with Gasteiger partial charge in [-0.25, -0.2) is 0 Å². The highest BCUT2D eigenvalue weighted by Crippen LogP contribution is 2.58. The minimum atomic E-state index is -0.347. The highest BCUT2D eigenvalue weighted by Gasteiger charge is 2.40. The van der Waals surface area contributed by atoms with Crippen LogP contribution in [0.5, 0.6) is 0 Å². The van der Waals surface area contributed by atoms with Crippen LogP contribution in [0.3, 0.4) is 0 Å². The van der Waals surface area contributed by atoms with E-state index in [0.717, 1.165) is 100 Å². The van der Waals surface area contributed by atoms with Crippen LogP contribution in [-0.2, 0) is 5.41 Å². The monoisotopic (exact) mass is 1010 g/mol. The van der Waals surface area contributed by atoms with Gasteiger partial charge in [0.15, 0.2) is 11.2 Å². The van der Waals surface area contributed by atoms with Gasteiger partial charge in [-0.3, -0.25) is 0 Å². The highest BCUT2D eigenvalue weighted by molar-refractivity contribution is 6.21. The highest BCUT2D eigenvalue weighted by atomic mass is 16.3. The molecule has 1 aliphatic carbocycles. The fourth-order valence-electron chi connectivity index (χ4n) is 13.4. The summed E-state index contributed by atoms with van der Waals surface area (Å²) in [5.74, 6) is 0. The molecule has 0 spiro atoms. The van der Waals surface area contributed by atoms with E-state index in [1.807, 2.05) is 0 Å². The molecule has 4 nitrogen and oxygen atoms in total. The van der Waals surface area contributed by atoms with E-state index in [4.69, 9.17) is 8.83 Å². The number of furan rings is 2. The lowest BCUT2D eigenvalue weighted by atomic mass is 9.77. The molecule has 0 saturated heterocycles. The molecule has 2 heterocycles. The van der Waals surface area contributed by atoms with E-state index in [-0.39, 0.29) is 5.41 Å². The van der Waals surface area contributed by atoms with Gasteiger partial charge in [0.2, 0.25) is 0 Å². The van der Waals surface area contributed by atoms with Crippen LogP contribution in [0.25, 0.3) is 110 Å². The third kappa shape index (κ3) is 6.81. The van der Waals surface area contributed by atoms with Crippen molar-refractivity contribution in [1.82, 2.24) is 0 Å². The zero-order valence-electron chi connectivity index (χ0n) is 43.6. The standard InChI is InChI=1S/C75H50N2O2/c1-75(2)69-54-43-40-52(76(50-25-11-5-12-26-50)66-37-19-35-62-60-33-17-31-55(71(60)78-73(62)66)47-21-7-3-8-22-47)45-49(54)39-42-64(69)68-58-30-16-15-29-57(58)65-46-53(41-44-59(65)70(68)75)77(51-27-13-6-14-28-51)67-38-20-36-63-61-34-18-32-56(72(61)79-74(63)67)48-23-9-4-10-24-48/h3-46H,1-2H3. The average molecular weight is 1010 g/mol. The van der Waals surface area contributed by atoms with Crippen LogP contribution in [0.1, 0.15) is 25.0 Å². The fourth-order valence-corrected chi connectivity index (χ4v) is 13.4. The summed E-state index contributed by atoms with van der Waals surface area (Å²) >= 11 is 0. The summed E-state index contributed by atoms with van der Waals surface area (Å²) in [5.41, 5.74) is 19.1. The minimum Gasteiger partial charge on any atom is -0.453 e. The Labute approximate surface area is 457 Å². The molecule has 16 rings (SSSR count). The maximum absolute atomic E-state index is 7.07. The average Bonchev–Trinajstić information content (AvgIpc) is 3.61. The number of hydrogen-bond acceptors (Lipinski definition) is 4. The van der Waals surface area contributed by atoms with Crippen LogP contribution in [0.4, 0.5) is 34.1 Å². The quantitative estimate of drug-likeness (QED) is 0.142. The molecule has 0 atom stereocenters. The third-order valence-electron chi connectivity index (χ3n) is 16.7. The van der Waals surface area contributed by atoms with Crippen molar-refractivity contribution in [2.75, 3.05) is 9.80 Å². The van der Waals surface area contributed by atoms with Crippen molar-refractivity contribution in [2.24, 2.45) is 0 Å². The van der Waals surface area contributed by atoms with E-state index in [0.29, 0.717) is 0 Å². The molecule has 0 aliphatic heterocycles. The van der Waals surface area contributed by atoms with Gasteiger partial charge in [0, 0.05) is 60.8 Å². The van der Waals surface area contributed by atoms with Gasteiger partial charge >= 0.3 is 0 Å². The predicted molar refractivity (Wildman–Crippen MR) is 331 cm³/mol. The largest absolute Gasteiger partial charge is 0.453 e. The lowest BCUT2D eigenvalue weighted by molar-refractivity contribution is 0.670. The van der Waals surface area contributed by atoms with Gasteiger partial charge in [0.25, 0.3) is 0 Å². The van der Waals surface area contributed by atoms with Crippen LogP contribution in [0.15, 0.2) is 276 Å². The molecule has 79 heavy (non-hydrogen) atoms. The summed E-state index contributed by atoms with van der Waals surface area (Å²) < 4.78 is 14.1. The van der Waals surface area contributed by atoms with Crippen LogP contribution >= 0.6 is 0 Å². The Balaban J connectivity index is 0.851. The number of rotatable bonds is 8. The SMILES string of the molecule is CC1(C)c2c(ccc3cc(N(c4ccccc4)c4cccc5c4oc4c(-c6ccccc6)cccc45)ccc23)-c2c1c1ccc(N(c3ccccc3)c3cccc4c3oc3c(-c5ccccc5)cccc34)cc1c1ccccc21. The van der Waals surface area contributed by atoms with E-state index in [1.165, 1.54) is 54.6 Å². The number of fused-ring (bicyclic) bond motifs is 16. The van der Waals surface area contributed by atoms with Gasteiger partial charge in [0.1, 0.15) is 11.2 Å². The molecule has 13 aromatic carbocycles. The molecule has 0 fully saturated rings. The second-order valence-electron chi connectivity index (χ2n) is 21.5. The normalized spacial score (nSPS) is 12.8. The molecule has 0 bridgehead atoms. The summed E-state index contributed by atoms with van der Waals surface area (Å²) in [6.07, 6.45) is 0. The van der Waals surface area contributed by atoms with Crippen molar-refractivity contribution in [3.63, 3.8) is 0 Å². The van der Waals surface area contributed by atoms with E-state index in [9.17, 15) is 0 Å². The molecule has 15 aromatic rings. The van der Waals surface area contributed by atoms with Crippen LogP contribution in [-0.4, -0.2) is 0 Å². The molecule has 372 valence electrons. The Morgan fingerprint density at radius 3 is 1.27 bits per heavy atom. The molecule has 1 aliphatic rings. The topological polar surface area (TPSA) is 32.8 Å². The van der Waals surface area contributed by atoms with Crippen molar-refractivity contribution in [3.8, 4) is 33.4 Å². The summed E-state index contributed by atoms with van der Waals surface area (Å²) in [7, 11) is 0. The minimum absolute atomic E-state index is 0.347. The van der Waals surface area contributed by atoms with Gasteiger partial charge in [-0.2, -0.15) is 0 Å². The third-order valence-corrected chi connectivity index (χ3v) is 16.7. The molecule has 0 amide bonds. The molecular formula is C75H50N2O2. The van der Waals surface area contributed by atoms with Gasteiger partial charge < -0.3 is 18.6 Å². The summed E-state index contributed by atoms with van der Waals surface area (Å²) in [6.45, 7) is 4.86. The molecule has 0 N–H and O–H groups in total. The number of anilines is 6. The number of hydrogen-bond donors (Lipinski definition) is 0. The zero-order chi connectivity index (χ0) is 52.3. The Morgan fingerprint density at radius 1 is 0.278 bits per heavy atom. The van der Waals surface area contributed by atoms with Crippen molar-refractivity contribution in [3.05, 3.63) is 278 Å². The first-order chi connectivity index (χ1) is 39.0. The van der Waals surface area contributed by atoms with Gasteiger partial charge in [-0.05, 0) is 126 Å². The van der Waals surface area contributed by atoms with E-state index < -0.39 is 0 Å². The van der Waals surface area contributed by atoms with Crippen molar-refractivity contribution < 1.29 is 8.83 Å². The Morgan fingerprint density at radius 2 is 0.722 bits per heavy atom. The lowest BCUT2D eigenvalue weighted by Gasteiger charge is -2.28. The molecule has 0 unspecified atom stereocenters. The van der Waals surface area contributed by atoms with E-state index in [2.05, 4.69) is 291 Å². The van der Waals surface area contributed by atoms with Crippen LogP contribution in [0.2, 0.25) is 0 Å². The predicted octanol–water partition coefficient (Wildman–Crippen LogP) is 21.5. The second-order valence-corrected chi connectivity index (χ2v) is 21.5. The van der Waals surface area contributed by atoms with Crippen molar-refractivity contribution >= 4 is 110 Å². The van der Waals surface area contributed by atoms with E-state index >= 15 is 0 Å². The van der Waals surface area contributed by atoms with Gasteiger partial charge in [-0.15, -0.1) is 0 Å². The summed E-state index contributed by atoms with van der Waals surface area (Å²) in [4.78, 5) is 4.72. The number of nitrogens with zero attached hydrogens (tertiary/aromatic N) is 2. The summed E-state index contributed by atoms with van der Waals surface area (Å²) in [5, 5.41) is 11.8. The lowest BCUT2D eigenvalue weighted by Crippen LogP contribution is -2.16. The molecule has 0 saturated carbocycles. The zero-order valence-corrected chi connectivity index (χ0v) is 43.6. The first-order valence-corrected chi connectivity index (χ1v) is 27.2. The molecule has 4 heteroatoms. The fraction of sp³-hybridized carbons (Fsp3) is 0.0400. The van der Waals surface area contributed by atoms with Crippen molar-refractivity contribution in [1.29, 1.82) is 0 Å². The molecule has 2 aromatic heterocycles. The summed E-state index contributed by atoms with van der Waals surface area (Å²) in [6, 6.07) is 96.3. The molecular weight excluding hydrogens is 961 g/mol. The van der Waals surface area contributed by atoms with Crippen LogP contribution < -0.4 is 9.80 Å². The first-order valence-electron chi connectivity index (χ1n) is 27.2. The molecule has 0 radical (unpaired) electrons. The maximum Gasteiger partial charge on any atom is 0.159 e. The first kappa shape index (κ1) is 45.1. The Bertz CT molecular complexity index is 4920. The number of para-hydroxylation sites is 6. The number of benzene rings is 13. The van der Waals surface area contributed by atoms with Gasteiger partial charge in [-0.1, -0.05) is 220 Å². The Hall–Kier alpha value is -10.2. The second kappa shape index (κ2) is 17.4. The maximum atomic E-state index is 7.07. The smallest absolute Gasteiger partial charge is 0.159 e. The van der Waals surface area contributed by atoms with Crippen molar-refractivity contribution in [2.45, 2.75) is 19.3 Å².